The van der Waals surface area contributed by atoms with Gasteiger partial charge >= 0.3 is 5.91 Å². The molecule has 7 heteroatoms. The Bertz CT molecular complexity index is 963. The molecule has 0 fully saturated rings. The van der Waals surface area contributed by atoms with Crippen LogP contribution in [0, 0.1) is 12.7 Å². The first-order chi connectivity index (χ1) is 11.5. The summed E-state index contributed by atoms with van der Waals surface area (Å²) in [5.74, 6) is -1.95. The van der Waals surface area contributed by atoms with Crippen molar-refractivity contribution in [3.8, 4) is 11.5 Å². The van der Waals surface area contributed by atoms with Crippen molar-refractivity contribution < 1.29 is 23.8 Å². The smallest absolute Gasteiger partial charge is 0.307 e. The second-order valence-electron chi connectivity index (χ2n) is 5.08. The van der Waals surface area contributed by atoms with Gasteiger partial charge in [0, 0.05) is 11.1 Å². The van der Waals surface area contributed by atoms with Crippen molar-refractivity contribution in [2.45, 2.75) is 6.92 Å². The number of rotatable bonds is 3. The van der Waals surface area contributed by atoms with E-state index in [9.17, 15) is 19.4 Å². The number of hydrogen-bond acceptors (Lipinski definition) is 5. The molecule has 0 aliphatic rings. The predicted octanol–water partition coefficient (Wildman–Crippen LogP) is 3.06. The minimum absolute atomic E-state index is 0.00659. The maximum absolute atomic E-state index is 13.2. The van der Waals surface area contributed by atoms with E-state index < -0.39 is 17.5 Å². The van der Waals surface area contributed by atoms with Gasteiger partial charge in [0.25, 0.3) is 0 Å². The summed E-state index contributed by atoms with van der Waals surface area (Å²) in [6.07, 6.45) is 1.12. The topological polar surface area (TPSA) is 95.1 Å². The summed E-state index contributed by atoms with van der Waals surface area (Å²) in [6.45, 7) is 1.64. The molecular weight excluding hydrogens is 315 g/mol. The number of aromatic hydroxyl groups is 2. The van der Waals surface area contributed by atoms with E-state index >= 15 is 0 Å². The van der Waals surface area contributed by atoms with Gasteiger partial charge in [-0.15, -0.1) is 0 Å². The monoisotopic (exact) mass is 328 g/mol. The van der Waals surface area contributed by atoms with Crippen LogP contribution in [0.4, 0.5) is 4.39 Å². The molecule has 0 aliphatic heterocycles. The lowest BCUT2D eigenvalue weighted by Crippen LogP contribution is -2.17. The summed E-state index contributed by atoms with van der Waals surface area (Å²) in [6, 6.07) is 8.69. The fraction of sp³-hybridized carbons (Fsp3) is 0.0588. The Hall–Kier alpha value is -3.35. The fourth-order valence-corrected chi connectivity index (χ4v) is 2.35. The molecule has 0 saturated carbocycles. The maximum Gasteiger partial charge on any atom is 0.307 e. The third-order valence-corrected chi connectivity index (χ3v) is 3.53. The molecule has 1 aromatic heterocycles. The number of hydrazone groups is 1. The molecule has 122 valence electrons. The number of aryl methyl sites for hydroxylation is 1. The Morgan fingerprint density at radius 2 is 2.00 bits per heavy atom. The van der Waals surface area contributed by atoms with E-state index in [0.717, 1.165) is 12.3 Å². The molecular formula is C17H13FN2O4. The maximum atomic E-state index is 13.2. The van der Waals surface area contributed by atoms with E-state index in [1.165, 1.54) is 18.2 Å². The number of hydrogen-bond donors (Lipinski definition) is 3. The van der Waals surface area contributed by atoms with Gasteiger partial charge in [-0.25, -0.2) is 9.82 Å². The molecule has 0 aliphatic carbocycles. The van der Waals surface area contributed by atoms with E-state index in [1.807, 2.05) is 0 Å². The van der Waals surface area contributed by atoms with Crippen molar-refractivity contribution in [3.63, 3.8) is 0 Å². The van der Waals surface area contributed by atoms with E-state index in [0.29, 0.717) is 16.5 Å². The van der Waals surface area contributed by atoms with Gasteiger partial charge in [0.2, 0.25) is 0 Å². The molecule has 2 aromatic carbocycles. The van der Waals surface area contributed by atoms with Gasteiger partial charge < -0.3 is 14.6 Å². The SMILES string of the molecule is Cc1c(C(=O)N/N=C/c2cccc(F)c2O)oc2cccc(O)c12. The first-order valence-corrected chi connectivity index (χ1v) is 7.01. The second kappa shape index (κ2) is 6.04. The molecule has 1 heterocycles. The largest absolute Gasteiger partial charge is 0.507 e. The highest BCUT2D eigenvalue weighted by atomic mass is 19.1. The number of para-hydroxylation sites is 1. The number of carbonyl (C=O) groups excluding carboxylic acids is 1. The summed E-state index contributed by atoms with van der Waals surface area (Å²) in [4.78, 5) is 12.2. The first kappa shape index (κ1) is 15.5. The minimum Gasteiger partial charge on any atom is -0.507 e. The number of fused-ring (bicyclic) bond motifs is 1. The van der Waals surface area contributed by atoms with Crippen LogP contribution < -0.4 is 5.43 Å². The zero-order valence-corrected chi connectivity index (χ0v) is 12.6. The number of phenolic OH excluding ortho intramolecular Hbond substituents is 2. The molecule has 0 spiro atoms. The fourth-order valence-electron chi connectivity index (χ4n) is 2.35. The van der Waals surface area contributed by atoms with Crippen molar-refractivity contribution in [1.29, 1.82) is 0 Å². The first-order valence-electron chi connectivity index (χ1n) is 7.01. The normalized spacial score (nSPS) is 11.2. The molecule has 0 unspecified atom stereocenters. The van der Waals surface area contributed by atoms with Crippen molar-refractivity contribution in [2.24, 2.45) is 5.10 Å². The van der Waals surface area contributed by atoms with Gasteiger partial charge in [-0.2, -0.15) is 5.10 Å². The van der Waals surface area contributed by atoms with Gasteiger partial charge in [0.1, 0.15) is 11.3 Å². The third kappa shape index (κ3) is 2.67. The quantitative estimate of drug-likeness (QED) is 0.509. The zero-order chi connectivity index (χ0) is 17.3. The summed E-state index contributed by atoms with van der Waals surface area (Å²) < 4.78 is 18.6. The summed E-state index contributed by atoms with van der Waals surface area (Å²) >= 11 is 0. The highest BCUT2D eigenvalue weighted by Gasteiger charge is 2.19. The van der Waals surface area contributed by atoms with Gasteiger partial charge in [0.05, 0.1) is 11.6 Å². The third-order valence-electron chi connectivity index (χ3n) is 3.53. The Labute approximate surface area is 135 Å². The molecule has 24 heavy (non-hydrogen) atoms. The minimum atomic E-state index is -0.783. The number of furan rings is 1. The molecule has 0 radical (unpaired) electrons. The number of nitrogens with zero attached hydrogens (tertiary/aromatic N) is 1. The predicted molar refractivity (Wildman–Crippen MR) is 85.7 cm³/mol. The van der Waals surface area contributed by atoms with Crippen LogP contribution in [0.25, 0.3) is 11.0 Å². The Morgan fingerprint density at radius 1 is 1.25 bits per heavy atom. The lowest BCUT2D eigenvalue weighted by Gasteiger charge is -2.00. The lowest BCUT2D eigenvalue weighted by molar-refractivity contribution is 0.0929. The van der Waals surface area contributed by atoms with Crippen LogP contribution in [0.15, 0.2) is 45.9 Å². The van der Waals surface area contributed by atoms with Crippen LogP contribution in [0.5, 0.6) is 11.5 Å². The summed E-state index contributed by atoms with van der Waals surface area (Å²) in [5.41, 5.74) is 3.21. The van der Waals surface area contributed by atoms with Crippen LogP contribution in [-0.2, 0) is 0 Å². The Morgan fingerprint density at radius 3 is 2.75 bits per heavy atom. The highest BCUT2D eigenvalue weighted by molar-refractivity contribution is 6.01. The number of nitrogens with one attached hydrogen (secondary N) is 1. The number of halogens is 1. The summed E-state index contributed by atoms with van der Waals surface area (Å²) in [5, 5.41) is 23.5. The Balaban J connectivity index is 1.83. The number of amides is 1. The van der Waals surface area contributed by atoms with Gasteiger partial charge in [-0.1, -0.05) is 12.1 Å². The Kier molecular flexibility index (Phi) is 3.91. The van der Waals surface area contributed by atoms with Crippen LogP contribution in [0.2, 0.25) is 0 Å². The van der Waals surface area contributed by atoms with Crippen LogP contribution in [0.3, 0.4) is 0 Å². The van der Waals surface area contributed by atoms with Gasteiger partial charge in [-0.3, -0.25) is 4.79 Å². The standard InChI is InChI=1S/C17H13FN2O4/c1-9-14-12(21)6-3-7-13(14)24-16(9)17(23)20-19-8-10-4-2-5-11(18)15(10)22/h2-8,21-22H,1H3,(H,20,23)/b19-8+. The summed E-state index contributed by atoms with van der Waals surface area (Å²) in [7, 11) is 0. The average Bonchev–Trinajstić information content (AvgIpc) is 2.90. The van der Waals surface area contributed by atoms with Gasteiger partial charge in [0.15, 0.2) is 17.3 Å². The molecule has 1 amide bonds. The van der Waals surface area contributed by atoms with Gasteiger partial charge in [-0.05, 0) is 31.2 Å². The second-order valence-corrected chi connectivity index (χ2v) is 5.08. The number of phenols is 2. The highest BCUT2D eigenvalue weighted by Crippen LogP contribution is 2.32. The molecule has 3 rings (SSSR count). The average molecular weight is 328 g/mol. The van der Waals surface area contributed by atoms with Crippen molar-refractivity contribution >= 4 is 23.1 Å². The zero-order valence-electron chi connectivity index (χ0n) is 12.6. The molecule has 3 N–H and O–H groups in total. The van der Waals surface area contributed by atoms with E-state index in [1.54, 1.807) is 19.1 Å². The van der Waals surface area contributed by atoms with Crippen molar-refractivity contribution in [1.82, 2.24) is 5.43 Å². The van der Waals surface area contributed by atoms with Crippen LogP contribution >= 0.6 is 0 Å². The lowest BCUT2D eigenvalue weighted by atomic mass is 10.1. The van der Waals surface area contributed by atoms with Crippen LogP contribution in [-0.4, -0.2) is 22.3 Å². The van der Waals surface area contributed by atoms with Crippen LogP contribution in [0.1, 0.15) is 21.7 Å². The molecule has 0 atom stereocenters. The number of carbonyl (C=O) groups is 1. The number of benzene rings is 2. The molecule has 0 bridgehead atoms. The molecule has 3 aromatic rings. The van der Waals surface area contributed by atoms with E-state index in [-0.39, 0.29) is 17.1 Å². The molecule has 0 saturated heterocycles. The molecule has 6 nitrogen and oxygen atoms in total. The van der Waals surface area contributed by atoms with Crippen molar-refractivity contribution in [2.75, 3.05) is 0 Å². The van der Waals surface area contributed by atoms with Crippen molar-refractivity contribution in [3.05, 3.63) is 59.1 Å². The van der Waals surface area contributed by atoms with E-state index in [2.05, 4.69) is 10.5 Å². The van der Waals surface area contributed by atoms with E-state index in [4.69, 9.17) is 4.42 Å².